The van der Waals surface area contributed by atoms with Crippen LogP contribution in [0.3, 0.4) is 0 Å². The van der Waals surface area contributed by atoms with Crippen molar-refractivity contribution in [1.29, 1.82) is 0 Å². The third kappa shape index (κ3) is 49.5. The zero-order valence-corrected chi connectivity index (χ0v) is 41.5. The van der Waals surface area contributed by atoms with Gasteiger partial charge in [0.05, 0.1) is 19.8 Å². The van der Waals surface area contributed by atoms with Crippen molar-refractivity contribution < 1.29 is 32.8 Å². The Kier molecular flexibility index (Phi) is 49.2. The maximum atomic E-state index is 12.7. The Morgan fingerprint density at radius 1 is 0.484 bits per heavy atom. The highest BCUT2D eigenvalue weighted by Gasteiger charge is 2.25. The third-order valence-electron chi connectivity index (χ3n) is 11.2. The normalized spacial score (nSPS) is 13.7. The maximum Gasteiger partial charge on any atom is 0.472 e. The molecule has 0 amide bonds. The molecule has 0 aliphatic heterocycles. The lowest BCUT2D eigenvalue weighted by Crippen LogP contribution is -2.28. The smallest absolute Gasteiger partial charge is 0.457 e. The van der Waals surface area contributed by atoms with E-state index in [9.17, 15) is 14.3 Å². The first-order valence-corrected chi connectivity index (χ1v) is 27.6. The molecule has 0 spiro atoms. The minimum atomic E-state index is -4.28. The summed E-state index contributed by atoms with van der Waals surface area (Å²) in [6.45, 7) is 4.91. The summed E-state index contributed by atoms with van der Waals surface area (Å²) in [6.07, 6.45) is 61.4. The number of hydrogen-bond donors (Lipinski definition) is 2. The van der Waals surface area contributed by atoms with Crippen molar-refractivity contribution >= 4 is 13.8 Å². The molecule has 0 fully saturated rings. The van der Waals surface area contributed by atoms with Crippen molar-refractivity contribution in [2.75, 3.05) is 33.0 Å². The van der Waals surface area contributed by atoms with E-state index in [0.717, 1.165) is 44.9 Å². The van der Waals surface area contributed by atoms with Crippen LogP contribution in [0.25, 0.3) is 0 Å². The van der Waals surface area contributed by atoms with Crippen LogP contribution in [0.15, 0.2) is 48.6 Å². The Hall–Kier alpha value is -1.54. The standard InChI is InChI=1S/C53H100NO7P/c1-3-5-7-9-11-13-15-17-19-21-23-25-26-27-28-30-32-34-36-38-40-42-44-46-53(55)61-52(51-60-62(56,57)59-49-47-54)50-58-48-45-43-41-39-37-35-33-31-29-24-22-20-18-16-14-12-10-8-6-4-2/h12,14-15,17-18,20-21,23,52H,3-11,13,16,19,22,24-51,54H2,1-2H3,(H,56,57)/b14-12-,17-15-,20-18-,23-21-. The predicted octanol–water partition coefficient (Wildman–Crippen LogP) is 16.3. The van der Waals surface area contributed by atoms with Gasteiger partial charge < -0.3 is 20.1 Å². The Bertz CT molecular complexity index is 1090. The summed E-state index contributed by atoms with van der Waals surface area (Å²) in [5.74, 6) is -0.332. The molecule has 62 heavy (non-hydrogen) atoms. The van der Waals surface area contributed by atoms with E-state index < -0.39 is 13.9 Å². The van der Waals surface area contributed by atoms with Crippen LogP contribution < -0.4 is 5.73 Å². The largest absolute Gasteiger partial charge is 0.472 e. The number of esters is 1. The summed E-state index contributed by atoms with van der Waals surface area (Å²) in [4.78, 5) is 22.6. The number of nitrogens with two attached hydrogens (primary N) is 1. The number of allylic oxidation sites excluding steroid dienone is 8. The molecule has 0 heterocycles. The molecule has 3 N–H and O–H groups in total. The van der Waals surface area contributed by atoms with Gasteiger partial charge in [-0.3, -0.25) is 13.8 Å². The lowest BCUT2D eigenvalue weighted by atomic mass is 10.0. The summed E-state index contributed by atoms with van der Waals surface area (Å²) in [7, 11) is -4.28. The Morgan fingerprint density at radius 2 is 0.855 bits per heavy atom. The average Bonchev–Trinajstić information content (AvgIpc) is 3.26. The fourth-order valence-electron chi connectivity index (χ4n) is 7.35. The lowest BCUT2D eigenvalue weighted by Gasteiger charge is -2.20. The van der Waals surface area contributed by atoms with Gasteiger partial charge in [-0.05, 0) is 77.0 Å². The van der Waals surface area contributed by atoms with Crippen LogP contribution in [0.4, 0.5) is 0 Å². The highest BCUT2D eigenvalue weighted by Crippen LogP contribution is 2.43. The zero-order valence-electron chi connectivity index (χ0n) is 40.6. The minimum Gasteiger partial charge on any atom is -0.457 e. The average molecular weight is 894 g/mol. The topological polar surface area (TPSA) is 117 Å². The number of ether oxygens (including phenoxy) is 2. The van der Waals surface area contributed by atoms with Gasteiger partial charge in [-0.15, -0.1) is 0 Å². The first kappa shape index (κ1) is 60.5. The van der Waals surface area contributed by atoms with Crippen LogP contribution >= 0.6 is 7.82 Å². The second-order valence-electron chi connectivity index (χ2n) is 17.4. The highest BCUT2D eigenvalue weighted by atomic mass is 31.2. The number of phosphoric acid groups is 1. The Labute approximate surface area is 383 Å². The van der Waals surface area contributed by atoms with Crippen LogP contribution in [-0.2, 0) is 27.9 Å². The molecule has 0 aromatic rings. The number of rotatable bonds is 50. The monoisotopic (exact) mass is 894 g/mol. The molecule has 8 nitrogen and oxygen atoms in total. The van der Waals surface area contributed by atoms with Gasteiger partial charge in [0.1, 0.15) is 6.10 Å². The molecular weight excluding hydrogens is 794 g/mol. The molecule has 0 aromatic heterocycles. The summed E-state index contributed by atoms with van der Waals surface area (Å²) < 4.78 is 33.6. The lowest BCUT2D eigenvalue weighted by molar-refractivity contribution is -0.154. The molecule has 0 aliphatic carbocycles. The molecule has 0 rings (SSSR count). The van der Waals surface area contributed by atoms with E-state index in [1.807, 2.05) is 0 Å². The number of carbonyl (C=O) groups is 1. The Morgan fingerprint density at radius 3 is 1.29 bits per heavy atom. The van der Waals surface area contributed by atoms with Crippen molar-refractivity contribution in [3.8, 4) is 0 Å². The van der Waals surface area contributed by atoms with E-state index in [4.69, 9.17) is 24.3 Å². The molecule has 0 saturated heterocycles. The van der Waals surface area contributed by atoms with Gasteiger partial charge in [0.15, 0.2) is 0 Å². The molecule has 0 radical (unpaired) electrons. The van der Waals surface area contributed by atoms with Crippen molar-refractivity contribution in [3.05, 3.63) is 48.6 Å². The summed E-state index contributed by atoms with van der Waals surface area (Å²) in [5, 5.41) is 0. The van der Waals surface area contributed by atoms with Gasteiger partial charge >= 0.3 is 13.8 Å². The minimum absolute atomic E-state index is 0.0969. The van der Waals surface area contributed by atoms with Crippen LogP contribution in [-0.4, -0.2) is 49.9 Å². The van der Waals surface area contributed by atoms with Gasteiger partial charge in [-0.25, -0.2) is 4.57 Å². The summed E-state index contributed by atoms with van der Waals surface area (Å²) in [5.41, 5.74) is 5.39. The number of phosphoric ester groups is 1. The summed E-state index contributed by atoms with van der Waals surface area (Å²) >= 11 is 0. The van der Waals surface area contributed by atoms with Gasteiger partial charge in [-0.1, -0.05) is 210 Å². The molecular formula is C53H100NO7P. The number of hydrogen-bond acceptors (Lipinski definition) is 7. The molecule has 0 aliphatic rings. The first-order chi connectivity index (χ1) is 30.4. The van der Waals surface area contributed by atoms with Gasteiger partial charge in [0, 0.05) is 19.6 Å². The zero-order chi connectivity index (χ0) is 45.1. The molecule has 9 heteroatoms. The predicted molar refractivity (Wildman–Crippen MR) is 266 cm³/mol. The Balaban J connectivity index is 3.93. The summed E-state index contributed by atoms with van der Waals surface area (Å²) in [6, 6.07) is 0. The van der Waals surface area contributed by atoms with E-state index in [1.54, 1.807) is 0 Å². The van der Waals surface area contributed by atoms with E-state index in [1.165, 1.54) is 180 Å². The fraction of sp³-hybridized carbons (Fsp3) is 0.830. The van der Waals surface area contributed by atoms with Gasteiger partial charge in [-0.2, -0.15) is 0 Å². The SMILES string of the molecule is CCCCC/C=C\C/C=C\CCCCCCCCCCCCOCC(COP(=O)(O)OCCN)OC(=O)CCCCCCCCCCCCC/C=C\C/C=C\CCCCCCC. The van der Waals surface area contributed by atoms with Crippen molar-refractivity contribution in [2.24, 2.45) is 5.73 Å². The number of unbranched alkanes of at least 4 members (excludes halogenated alkanes) is 29. The quantitative estimate of drug-likeness (QED) is 0.0268. The number of carbonyl (C=O) groups excluding carboxylic acids is 1. The fourth-order valence-corrected chi connectivity index (χ4v) is 8.12. The molecule has 0 aromatic carbocycles. The molecule has 0 saturated carbocycles. The van der Waals surface area contributed by atoms with Crippen LogP contribution in [0.1, 0.15) is 245 Å². The van der Waals surface area contributed by atoms with Crippen LogP contribution in [0.2, 0.25) is 0 Å². The third-order valence-corrected chi connectivity index (χ3v) is 12.2. The van der Waals surface area contributed by atoms with Crippen molar-refractivity contribution in [3.63, 3.8) is 0 Å². The van der Waals surface area contributed by atoms with Crippen molar-refractivity contribution in [1.82, 2.24) is 0 Å². The second-order valence-corrected chi connectivity index (χ2v) is 18.8. The molecule has 2 atom stereocenters. The first-order valence-electron chi connectivity index (χ1n) is 26.1. The van der Waals surface area contributed by atoms with E-state index >= 15 is 0 Å². The van der Waals surface area contributed by atoms with Gasteiger partial charge in [0.25, 0.3) is 0 Å². The molecule has 2 unspecified atom stereocenters. The van der Waals surface area contributed by atoms with Gasteiger partial charge in [0.2, 0.25) is 0 Å². The second kappa shape index (κ2) is 50.5. The van der Waals surface area contributed by atoms with E-state index in [-0.39, 0.29) is 32.3 Å². The highest BCUT2D eigenvalue weighted by molar-refractivity contribution is 7.47. The van der Waals surface area contributed by atoms with Crippen LogP contribution in [0, 0.1) is 0 Å². The molecule has 364 valence electrons. The van der Waals surface area contributed by atoms with Crippen molar-refractivity contribution in [2.45, 2.75) is 251 Å². The van der Waals surface area contributed by atoms with E-state index in [0.29, 0.717) is 13.0 Å². The molecule has 0 bridgehead atoms. The van der Waals surface area contributed by atoms with Crippen LogP contribution in [0.5, 0.6) is 0 Å². The maximum absolute atomic E-state index is 12.7. The van der Waals surface area contributed by atoms with E-state index in [2.05, 4.69) is 62.5 Å².